The van der Waals surface area contributed by atoms with Crippen LogP contribution in [-0.4, -0.2) is 28.1 Å². The van der Waals surface area contributed by atoms with Crippen molar-refractivity contribution in [1.29, 1.82) is 0 Å². The molecule has 0 radical (unpaired) electrons. The number of alkyl halides is 1. The van der Waals surface area contributed by atoms with E-state index >= 15 is 0 Å². The minimum absolute atomic E-state index is 0.234. The van der Waals surface area contributed by atoms with E-state index in [2.05, 4.69) is 0 Å². The van der Waals surface area contributed by atoms with E-state index in [0.717, 1.165) is 0 Å². The molecule has 1 unspecified atom stereocenters. The largest absolute Gasteiger partial charge is 0.465 e. The van der Waals surface area contributed by atoms with Crippen molar-refractivity contribution in [3.05, 3.63) is 0 Å². The highest BCUT2D eigenvalue weighted by molar-refractivity contribution is 14.1. The molecule has 1 rings (SSSR count). The molecule has 0 N–H and O–H groups in total. The number of rotatable bonds is 3. The highest BCUT2D eigenvalue weighted by Gasteiger charge is 2.45. The second-order valence-corrected chi connectivity index (χ2v) is 5.55. The first-order chi connectivity index (χ1) is 6.48. The van der Waals surface area contributed by atoms with Crippen LogP contribution in [-0.2, 0) is 19.1 Å². The van der Waals surface area contributed by atoms with Crippen molar-refractivity contribution >= 4 is 34.5 Å². The summed E-state index contributed by atoms with van der Waals surface area (Å²) in [7, 11) is 0. The summed E-state index contributed by atoms with van der Waals surface area (Å²) in [5.41, 5.74) is 0. The number of carbonyl (C=O) groups excluding carboxylic acids is 2. The molecule has 2 atom stereocenters. The van der Waals surface area contributed by atoms with Gasteiger partial charge < -0.3 is 9.47 Å². The number of hydrogen-bond donors (Lipinski definition) is 0. The zero-order valence-corrected chi connectivity index (χ0v) is 10.4. The number of carbonyl (C=O) groups is 2. The fraction of sp³-hybridized carbons (Fsp3) is 0.778. The lowest BCUT2D eigenvalue weighted by Gasteiger charge is -2.25. The van der Waals surface area contributed by atoms with Gasteiger partial charge in [0.05, 0.1) is 6.61 Å². The summed E-state index contributed by atoms with van der Waals surface area (Å²) >= 11 is 1.99. The third-order valence-corrected chi connectivity index (χ3v) is 3.30. The Balaban J connectivity index is 2.64. The maximum Gasteiger partial charge on any atom is 0.325 e. The summed E-state index contributed by atoms with van der Waals surface area (Å²) in [6.45, 7) is 3.83. The minimum atomic E-state index is -0.764. The van der Waals surface area contributed by atoms with Crippen LogP contribution in [0.4, 0.5) is 0 Å². The first kappa shape index (κ1) is 11.7. The zero-order chi connectivity index (χ0) is 10.8. The Morgan fingerprint density at radius 2 is 2.43 bits per heavy atom. The quantitative estimate of drug-likeness (QED) is 0.450. The van der Waals surface area contributed by atoms with Gasteiger partial charge in [-0.15, -0.1) is 0 Å². The van der Waals surface area contributed by atoms with Crippen molar-refractivity contribution in [2.45, 2.75) is 36.2 Å². The summed E-state index contributed by atoms with van der Waals surface area (Å²) < 4.78 is 9.20. The Hall–Kier alpha value is -0.330. The van der Waals surface area contributed by atoms with Crippen LogP contribution < -0.4 is 0 Å². The molecule has 4 nitrogen and oxygen atoms in total. The van der Waals surface area contributed by atoms with Crippen LogP contribution >= 0.6 is 22.6 Å². The monoisotopic (exact) mass is 312 g/mol. The van der Waals surface area contributed by atoms with Gasteiger partial charge in [0.1, 0.15) is 6.10 Å². The van der Waals surface area contributed by atoms with Crippen LogP contribution in [0.15, 0.2) is 0 Å². The SMILES string of the molecule is CCOC(=O)C(C)(I)[C@H]1CCC(=O)O1. The van der Waals surface area contributed by atoms with Crippen LogP contribution in [0.25, 0.3) is 0 Å². The highest BCUT2D eigenvalue weighted by atomic mass is 127. The minimum Gasteiger partial charge on any atom is -0.465 e. The summed E-state index contributed by atoms with van der Waals surface area (Å²) in [6, 6.07) is 0. The maximum absolute atomic E-state index is 11.5. The van der Waals surface area contributed by atoms with Crippen molar-refractivity contribution in [2.75, 3.05) is 6.61 Å². The van der Waals surface area contributed by atoms with Crippen molar-refractivity contribution in [2.24, 2.45) is 0 Å². The molecule has 80 valence electrons. The van der Waals surface area contributed by atoms with Crippen LogP contribution in [0.3, 0.4) is 0 Å². The van der Waals surface area contributed by atoms with E-state index in [4.69, 9.17) is 9.47 Å². The molecule has 0 aromatic heterocycles. The molecule has 0 spiro atoms. The van der Waals surface area contributed by atoms with Crippen LogP contribution in [0.5, 0.6) is 0 Å². The molecule has 1 heterocycles. The molecule has 0 aromatic carbocycles. The number of ether oxygens (including phenoxy) is 2. The number of halogens is 1. The summed E-state index contributed by atoms with van der Waals surface area (Å²) in [4.78, 5) is 22.4. The first-order valence-electron chi connectivity index (χ1n) is 4.54. The van der Waals surface area contributed by atoms with Gasteiger partial charge in [-0.05, 0) is 20.3 Å². The summed E-state index contributed by atoms with van der Waals surface area (Å²) in [5.74, 6) is -0.553. The molecule has 0 aliphatic carbocycles. The van der Waals surface area contributed by atoms with E-state index in [9.17, 15) is 9.59 Å². The molecule has 0 amide bonds. The van der Waals surface area contributed by atoms with E-state index < -0.39 is 3.42 Å². The van der Waals surface area contributed by atoms with E-state index in [0.29, 0.717) is 19.4 Å². The Bertz CT molecular complexity index is 249. The fourth-order valence-corrected chi connectivity index (χ4v) is 1.91. The van der Waals surface area contributed by atoms with E-state index in [-0.39, 0.29) is 18.0 Å². The standard InChI is InChI=1S/C9H13IO4/c1-3-13-8(12)9(2,10)6-4-5-7(11)14-6/h6H,3-5H2,1-2H3/t6-,9?/m1/s1. The smallest absolute Gasteiger partial charge is 0.325 e. The number of hydrogen-bond acceptors (Lipinski definition) is 4. The highest BCUT2D eigenvalue weighted by Crippen LogP contribution is 2.33. The van der Waals surface area contributed by atoms with Crippen LogP contribution in [0.2, 0.25) is 0 Å². The van der Waals surface area contributed by atoms with Gasteiger partial charge in [-0.1, -0.05) is 22.6 Å². The van der Waals surface area contributed by atoms with E-state index in [1.54, 1.807) is 13.8 Å². The molecule has 1 saturated heterocycles. The van der Waals surface area contributed by atoms with Gasteiger partial charge in [-0.25, -0.2) is 0 Å². The Morgan fingerprint density at radius 3 is 2.86 bits per heavy atom. The Morgan fingerprint density at radius 1 is 1.79 bits per heavy atom. The van der Waals surface area contributed by atoms with Gasteiger partial charge in [0.15, 0.2) is 3.42 Å². The lowest BCUT2D eigenvalue weighted by Crippen LogP contribution is -2.42. The fourth-order valence-electron chi connectivity index (χ4n) is 1.31. The third-order valence-electron chi connectivity index (χ3n) is 2.16. The summed E-state index contributed by atoms with van der Waals surface area (Å²) in [6.07, 6.45) is 0.634. The lowest BCUT2D eigenvalue weighted by molar-refractivity contribution is -0.151. The van der Waals surface area contributed by atoms with Gasteiger partial charge in [0.25, 0.3) is 0 Å². The van der Waals surface area contributed by atoms with Crippen LogP contribution in [0.1, 0.15) is 26.7 Å². The van der Waals surface area contributed by atoms with Gasteiger partial charge in [-0.3, -0.25) is 9.59 Å². The zero-order valence-electron chi connectivity index (χ0n) is 8.21. The van der Waals surface area contributed by atoms with Gasteiger partial charge in [0, 0.05) is 6.42 Å². The van der Waals surface area contributed by atoms with Crippen molar-refractivity contribution in [1.82, 2.24) is 0 Å². The van der Waals surface area contributed by atoms with Gasteiger partial charge >= 0.3 is 11.9 Å². The second-order valence-electron chi connectivity index (χ2n) is 3.31. The van der Waals surface area contributed by atoms with Crippen LogP contribution in [0, 0.1) is 0 Å². The molecular weight excluding hydrogens is 299 g/mol. The molecule has 1 aliphatic rings. The normalized spacial score (nSPS) is 25.4. The second kappa shape index (κ2) is 4.46. The predicted octanol–water partition coefficient (Wildman–Crippen LogP) is 1.45. The molecular formula is C9H13IO4. The van der Waals surface area contributed by atoms with E-state index in [1.807, 2.05) is 22.6 Å². The average molecular weight is 312 g/mol. The average Bonchev–Trinajstić information content (AvgIpc) is 2.52. The Labute approximate surface area is 96.5 Å². The number of esters is 2. The first-order valence-corrected chi connectivity index (χ1v) is 5.62. The molecule has 0 bridgehead atoms. The van der Waals surface area contributed by atoms with Crippen molar-refractivity contribution in [3.63, 3.8) is 0 Å². The number of cyclic esters (lactones) is 1. The maximum atomic E-state index is 11.5. The molecule has 14 heavy (non-hydrogen) atoms. The lowest BCUT2D eigenvalue weighted by atomic mass is 10.0. The molecule has 0 aromatic rings. The summed E-state index contributed by atoms with van der Waals surface area (Å²) in [5, 5.41) is 0. The topological polar surface area (TPSA) is 52.6 Å². The van der Waals surface area contributed by atoms with Crippen molar-refractivity contribution < 1.29 is 19.1 Å². The Kier molecular flexibility index (Phi) is 3.74. The molecule has 1 aliphatic heterocycles. The third kappa shape index (κ3) is 2.37. The molecule has 0 saturated carbocycles. The van der Waals surface area contributed by atoms with E-state index in [1.165, 1.54) is 0 Å². The predicted molar refractivity (Wildman–Crippen MR) is 58.2 cm³/mol. The van der Waals surface area contributed by atoms with Gasteiger partial charge in [-0.2, -0.15) is 0 Å². The van der Waals surface area contributed by atoms with Crippen molar-refractivity contribution in [3.8, 4) is 0 Å². The molecule has 1 fully saturated rings. The van der Waals surface area contributed by atoms with Gasteiger partial charge in [0.2, 0.25) is 0 Å². The molecule has 5 heteroatoms.